The summed E-state index contributed by atoms with van der Waals surface area (Å²) in [6.07, 6.45) is 0. The van der Waals surface area contributed by atoms with Crippen LogP contribution in [0.4, 0.5) is 34.1 Å². The van der Waals surface area contributed by atoms with Crippen LogP contribution in [0.2, 0.25) is 0 Å². The largest absolute Gasteiger partial charge is 0.441 e. The number of benzene rings is 5. The fraction of sp³-hybridized carbons (Fsp3) is 0.200. The van der Waals surface area contributed by atoms with Crippen molar-refractivity contribution in [1.29, 1.82) is 5.26 Å². The van der Waals surface area contributed by atoms with Gasteiger partial charge in [0.05, 0.1) is 34.4 Å². The third-order valence-corrected chi connectivity index (χ3v) is 7.45. The van der Waals surface area contributed by atoms with Crippen LogP contribution in [0.25, 0.3) is 0 Å². The molecule has 0 radical (unpaired) electrons. The smallest absolute Gasteiger partial charge is 0.339 e. The molecule has 0 atom stereocenters. The molecule has 0 spiro atoms. The van der Waals surface area contributed by atoms with Crippen molar-refractivity contribution >= 4 is 40.1 Å². The lowest BCUT2D eigenvalue weighted by molar-refractivity contribution is 0.0507. The third kappa shape index (κ3) is 11.6. The first kappa shape index (κ1) is 35.7. The number of carbonyl (C=O) groups excluding carboxylic acids is 1. The first-order valence-corrected chi connectivity index (χ1v) is 16.1. The van der Waals surface area contributed by atoms with E-state index in [0.29, 0.717) is 11.3 Å². The second-order valence-electron chi connectivity index (χ2n) is 11.1. The number of hydrogen-bond acceptors (Lipinski definition) is 9. The van der Waals surface area contributed by atoms with Gasteiger partial charge in [-0.2, -0.15) is 25.7 Å². The van der Waals surface area contributed by atoms with Crippen LogP contribution < -0.4 is 9.80 Å². The van der Waals surface area contributed by atoms with E-state index in [2.05, 4.69) is 64.3 Å². The van der Waals surface area contributed by atoms with Gasteiger partial charge in [0.1, 0.15) is 6.54 Å². The van der Waals surface area contributed by atoms with Gasteiger partial charge in [0.25, 0.3) is 0 Å². The maximum Gasteiger partial charge on any atom is 0.339 e. The van der Waals surface area contributed by atoms with Gasteiger partial charge in [-0.25, -0.2) is 4.79 Å². The van der Waals surface area contributed by atoms with Gasteiger partial charge < -0.3 is 14.5 Å². The summed E-state index contributed by atoms with van der Waals surface area (Å²) in [4.78, 5) is 16.1. The van der Waals surface area contributed by atoms with Crippen LogP contribution >= 0.6 is 0 Å². The Kier molecular flexibility index (Phi) is 13.8. The van der Waals surface area contributed by atoms with Gasteiger partial charge in [0.15, 0.2) is 6.73 Å². The minimum Gasteiger partial charge on any atom is -0.441 e. The first-order valence-electron chi connectivity index (χ1n) is 16.1. The number of aryl methyl sites for hydroxylation is 2. The minimum absolute atomic E-state index is 0.0223. The van der Waals surface area contributed by atoms with Gasteiger partial charge in [-0.15, -0.1) is 0 Å². The second kappa shape index (κ2) is 18.9. The Labute approximate surface area is 288 Å². The Morgan fingerprint density at radius 3 is 1.37 bits per heavy atom. The summed E-state index contributed by atoms with van der Waals surface area (Å²) < 4.78 is 5.34. The van der Waals surface area contributed by atoms with Crippen molar-refractivity contribution in [1.82, 2.24) is 0 Å². The van der Waals surface area contributed by atoms with E-state index in [1.165, 1.54) is 16.8 Å². The van der Waals surface area contributed by atoms with Crippen molar-refractivity contribution in [2.24, 2.45) is 20.5 Å². The average molecular weight is 652 g/mol. The highest BCUT2D eigenvalue weighted by molar-refractivity contribution is 5.89. The summed E-state index contributed by atoms with van der Waals surface area (Å²) in [6, 6.07) is 42.1. The maximum absolute atomic E-state index is 12.1. The molecule has 0 fully saturated rings. The van der Waals surface area contributed by atoms with Crippen LogP contribution in [0.15, 0.2) is 148 Å². The quantitative estimate of drug-likeness (QED) is 0.0577. The van der Waals surface area contributed by atoms with E-state index in [1.54, 1.807) is 41.3 Å². The molecule has 5 aromatic rings. The molecule has 0 saturated carbocycles. The summed E-state index contributed by atoms with van der Waals surface area (Å²) in [6.45, 7) is 10.5. The maximum atomic E-state index is 12.1. The SMILES string of the molecule is CCN(CC)c1ccc(N=Nc2ccc(C)cc2)cc1.Cc1ccc(N=Nc2ccc(N(CC#N)COC(=O)c3ccccc3)cc2)cc1. The van der Waals surface area contributed by atoms with Gasteiger partial charge in [-0.1, -0.05) is 53.6 Å². The molecule has 0 aromatic heterocycles. The highest BCUT2D eigenvalue weighted by Gasteiger charge is 2.11. The van der Waals surface area contributed by atoms with Gasteiger partial charge in [0.2, 0.25) is 0 Å². The fourth-order valence-corrected chi connectivity index (χ4v) is 4.59. The first-order chi connectivity index (χ1) is 23.9. The van der Waals surface area contributed by atoms with Crippen LogP contribution in [-0.4, -0.2) is 32.3 Å². The van der Waals surface area contributed by atoms with E-state index in [1.807, 2.05) is 85.8 Å². The number of anilines is 2. The van der Waals surface area contributed by atoms with Crippen molar-refractivity contribution < 1.29 is 9.53 Å². The number of ether oxygens (including phenoxy) is 1. The van der Waals surface area contributed by atoms with E-state index in [0.717, 1.165) is 35.8 Å². The number of azo groups is 2. The zero-order chi connectivity index (χ0) is 34.8. The van der Waals surface area contributed by atoms with Crippen LogP contribution in [0.3, 0.4) is 0 Å². The van der Waals surface area contributed by atoms with Crippen molar-refractivity contribution in [3.05, 3.63) is 144 Å². The number of hydrogen-bond donors (Lipinski definition) is 0. The topological polar surface area (TPSA) is 106 Å². The lowest BCUT2D eigenvalue weighted by Crippen LogP contribution is -2.28. The van der Waals surface area contributed by atoms with Crippen LogP contribution in [0.1, 0.15) is 35.3 Å². The number of esters is 1. The minimum atomic E-state index is -0.433. The molecular weight excluding hydrogens is 610 g/mol. The standard InChI is InChI=1S/C23H20N4O2.C17H21N3/c1-18-7-9-20(10-8-18)25-26-21-11-13-22(14-12-21)27(16-15-24)17-29-23(28)19-5-3-2-4-6-19;1-4-20(5-2)17-12-10-16(11-13-17)19-18-15-8-6-14(3)7-9-15/h2-14H,16-17H2,1H3;6-13H,4-5H2,1-3H3. The molecule has 49 heavy (non-hydrogen) atoms. The Balaban J connectivity index is 0.000000237. The molecular formula is C40H41N7O2. The number of nitrogens with zero attached hydrogens (tertiary/aromatic N) is 7. The predicted octanol–water partition coefficient (Wildman–Crippen LogP) is 10.8. The summed E-state index contributed by atoms with van der Waals surface area (Å²) in [5.41, 5.74) is 8.06. The summed E-state index contributed by atoms with van der Waals surface area (Å²) in [7, 11) is 0. The molecule has 5 rings (SSSR count). The molecule has 0 heterocycles. The number of nitriles is 1. The van der Waals surface area contributed by atoms with Crippen molar-refractivity contribution in [2.45, 2.75) is 27.7 Å². The van der Waals surface area contributed by atoms with Gasteiger partial charge >= 0.3 is 5.97 Å². The molecule has 0 aliphatic rings. The van der Waals surface area contributed by atoms with E-state index in [4.69, 9.17) is 10.00 Å². The zero-order valence-corrected chi connectivity index (χ0v) is 28.4. The zero-order valence-electron chi connectivity index (χ0n) is 28.4. The normalized spacial score (nSPS) is 10.7. The number of rotatable bonds is 12. The third-order valence-electron chi connectivity index (χ3n) is 7.45. The van der Waals surface area contributed by atoms with Crippen molar-refractivity contribution in [2.75, 3.05) is 36.2 Å². The number of carbonyl (C=O) groups is 1. The predicted molar refractivity (Wildman–Crippen MR) is 197 cm³/mol. The van der Waals surface area contributed by atoms with Crippen LogP contribution in [0, 0.1) is 25.2 Å². The monoisotopic (exact) mass is 651 g/mol. The molecule has 9 nitrogen and oxygen atoms in total. The highest BCUT2D eigenvalue weighted by Crippen LogP contribution is 2.24. The van der Waals surface area contributed by atoms with E-state index in [9.17, 15) is 4.79 Å². The summed E-state index contributed by atoms with van der Waals surface area (Å²) >= 11 is 0. The van der Waals surface area contributed by atoms with Crippen LogP contribution in [-0.2, 0) is 4.74 Å². The molecule has 9 heteroatoms. The molecule has 0 unspecified atom stereocenters. The van der Waals surface area contributed by atoms with Gasteiger partial charge in [-0.3, -0.25) is 0 Å². The second-order valence-corrected chi connectivity index (χ2v) is 11.1. The lowest BCUT2D eigenvalue weighted by Gasteiger charge is -2.21. The Morgan fingerprint density at radius 2 is 0.980 bits per heavy atom. The molecule has 0 N–H and O–H groups in total. The Morgan fingerprint density at radius 1 is 0.592 bits per heavy atom. The molecule has 0 aliphatic carbocycles. The molecule has 0 aliphatic heterocycles. The van der Waals surface area contributed by atoms with Crippen molar-refractivity contribution in [3.63, 3.8) is 0 Å². The summed E-state index contributed by atoms with van der Waals surface area (Å²) in [5.74, 6) is -0.433. The fourth-order valence-electron chi connectivity index (χ4n) is 4.59. The molecule has 0 saturated heterocycles. The highest BCUT2D eigenvalue weighted by atomic mass is 16.5. The summed E-state index contributed by atoms with van der Waals surface area (Å²) in [5, 5.41) is 26.0. The lowest BCUT2D eigenvalue weighted by atomic mass is 10.2. The van der Waals surface area contributed by atoms with Gasteiger partial charge in [0, 0.05) is 24.5 Å². The van der Waals surface area contributed by atoms with E-state index >= 15 is 0 Å². The molecule has 5 aromatic carbocycles. The molecule has 0 amide bonds. The van der Waals surface area contributed by atoms with Gasteiger partial charge in [-0.05, 0) is 113 Å². The van der Waals surface area contributed by atoms with Crippen LogP contribution in [0.5, 0.6) is 0 Å². The van der Waals surface area contributed by atoms with E-state index in [-0.39, 0.29) is 13.3 Å². The van der Waals surface area contributed by atoms with Crippen molar-refractivity contribution in [3.8, 4) is 6.07 Å². The molecule has 248 valence electrons. The van der Waals surface area contributed by atoms with E-state index < -0.39 is 5.97 Å². The Hall–Kier alpha value is -6.14. The molecule has 0 bridgehead atoms. The Bertz CT molecular complexity index is 1830. The average Bonchev–Trinajstić information content (AvgIpc) is 3.14.